The molecule has 0 spiro atoms. The molecule has 0 aromatic heterocycles. The average Bonchev–Trinajstić information content (AvgIpc) is 3.30. The highest BCUT2D eigenvalue weighted by molar-refractivity contribution is 5.95. The molecule has 1 atom stereocenters. The maximum absolute atomic E-state index is 11.9. The van der Waals surface area contributed by atoms with Crippen LogP contribution < -0.4 is 14.4 Å². The molecule has 2 aliphatic rings. The van der Waals surface area contributed by atoms with Crippen molar-refractivity contribution in [1.29, 1.82) is 0 Å². The van der Waals surface area contributed by atoms with Crippen molar-refractivity contribution in [2.75, 3.05) is 24.8 Å². The number of hydrogen-bond acceptors (Lipinski definition) is 5. The van der Waals surface area contributed by atoms with Gasteiger partial charge in [0.15, 0.2) is 11.5 Å². The summed E-state index contributed by atoms with van der Waals surface area (Å²) in [4.78, 5) is 16.0. The molecule has 0 bridgehead atoms. The molecule has 6 heteroatoms. The monoisotopic (exact) mass is 382 g/mol. The van der Waals surface area contributed by atoms with E-state index in [2.05, 4.69) is 17.0 Å². The molecule has 2 heterocycles. The highest BCUT2D eigenvalue weighted by Crippen LogP contribution is 2.33. The molecule has 0 unspecified atom stereocenters. The lowest BCUT2D eigenvalue weighted by molar-refractivity contribution is -0.117. The van der Waals surface area contributed by atoms with Gasteiger partial charge in [-0.25, -0.2) is 0 Å². The van der Waals surface area contributed by atoms with Crippen molar-refractivity contribution in [3.8, 4) is 11.5 Å². The van der Waals surface area contributed by atoms with E-state index in [1.54, 1.807) is 6.92 Å². The van der Waals surface area contributed by atoms with E-state index < -0.39 is 6.10 Å². The summed E-state index contributed by atoms with van der Waals surface area (Å²) in [5, 5.41) is 9.92. The Kier molecular flexibility index (Phi) is 5.50. The number of anilines is 1. The Hall–Kier alpha value is -2.57. The van der Waals surface area contributed by atoms with Gasteiger partial charge in [0.1, 0.15) is 0 Å². The number of carbonyl (C=O) groups is 1. The minimum absolute atomic E-state index is 0.200. The summed E-state index contributed by atoms with van der Waals surface area (Å²) in [6, 6.07) is 14.1. The van der Waals surface area contributed by atoms with Crippen molar-refractivity contribution in [1.82, 2.24) is 4.90 Å². The number of fused-ring (bicyclic) bond motifs is 1. The molecule has 1 fully saturated rings. The fraction of sp³-hybridized carbons (Fsp3) is 0.409. The van der Waals surface area contributed by atoms with E-state index in [9.17, 15) is 9.90 Å². The molecule has 2 aromatic carbocycles. The van der Waals surface area contributed by atoms with Crippen LogP contribution in [0.4, 0.5) is 5.69 Å². The van der Waals surface area contributed by atoms with Gasteiger partial charge in [-0.05, 0) is 48.7 Å². The van der Waals surface area contributed by atoms with Crippen molar-refractivity contribution in [2.24, 2.45) is 0 Å². The van der Waals surface area contributed by atoms with Crippen molar-refractivity contribution in [2.45, 2.75) is 39.0 Å². The third-order valence-electron chi connectivity index (χ3n) is 5.09. The summed E-state index contributed by atoms with van der Waals surface area (Å²) in [6.45, 7) is 4.86. The van der Waals surface area contributed by atoms with Gasteiger partial charge in [-0.15, -0.1) is 0 Å². The Morgan fingerprint density at radius 1 is 1.07 bits per heavy atom. The first-order valence-electron chi connectivity index (χ1n) is 9.77. The number of aliphatic hydroxyl groups excluding tert-OH is 1. The summed E-state index contributed by atoms with van der Waals surface area (Å²) in [7, 11) is 0. The van der Waals surface area contributed by atoms with Crippen molar-refractivity contribution in [3.63, 3.8) is 0 Å². The molecule has 6 nitrogen and oxygen atoms in total. The Morgan fingerprint density at radius 2 is 1.79 bits per heavy atom. The Bertz CT molecular complexity index is 835. The lowest BCUT2D eigenvalue weighted by Crippen LogP contribution is -2.30. The molecule has 4 rings (SSSR count). The fourth-order valence-corrected chi connectivity index (χ4v) is 3.82. The third kappa shape index (κ3) is 4.29. The first-order chi connectivity index (χ1) is 13.6. The summed E-state index contributed by atoms with van der Waals surface area (Å²) in [5.74, 6) is 1.75. The second kappa shape index (κ2) is 8.20. The normalized spacial score (nSPS) is 16.8. The van der Waals surface area contributed by atoms with Crippen LogP contribution in [0.15, 0.2) is 42.5 Å². The second-order valence-electron chi connectivity index (χ2n) is 7.52. The molecule has 148 valence electrons. The van der Waals surface area contributed by atoms with Gasteiger partial charge in [0.05, 0.1) is 6.10 Å². The van der Waals surface area contributed by atoms with E-state index in [0.29, 0.717) is 26.1 Å². The maximum atomic E-state index is 11.9. The lowest BCUT2D eigenvalue weighted by Gasteiger charge is -2.24. The Balaban J connectivity index is 1.45. The number of amides is 1. The maximum Gasteiger partial charge on any atom is 0.231 e. The van der Waals surface area contributed by atoms with E-state index in [0.717, 1.165) is 41.3 Å². The van der Waals surface area contributed by atoms with E-state index in [4.69, 9.17) is 9.47 Å². The van der Waals surface area contributed by atoms with Crippen LogP contribution in [0.2, 0.25) is 0 Å². The molecular weight excluding hydrogens is 356 g/mol. The standard InChI is InChI=1S/C22H26N2O4/c1-16(25)12-23(14-18-6-9-20-21(11-18)28-15-27-20)13-17-4-7-19(8-5-17)24-10-2-3-22(24)26/h4-9,11,16,25H,2-3,10,12-15H2,1H3/t16-/m0/s1. The van der Waals surface area contributed by atoms with E-state index in [-0.39, 0.29) is 12.7 Å². The molecule has 1 amide bonds. The largest absolute Gasteiger partial charge is 0.454 e. The van der Waals surface area contributed by atoms with Crippen LogP contribution in [0.1, 0.15) is 30.9 Å². The molecule has 2 aromatic rings. The van der Waals surface area contributed by atoms with Gasteiger partial charge in [-0.2, -0.15) is 0 Å². The van der Waals surface area contributed by atoms with E-state index >= 15 is 0 Å². The molecular formula is C22H26N2O4. The number of rotatable bonds is 7. The highest BCUT2D eigenvalue weighted by Gasteiger charge is 2.21. The first kappa shape index (κ1) is 18.8. The van der Waals surface area contributed by atoms with Crippen LogP contribution in [0.25, 0.3) is 0 Å². The predicted octanol–water partition coefficient (Wildman–Crippen LogP) is 2.93. The number of benzene rings is 2. The highest BCUT2D eigenvalue weighted by atomic mass is 16.7. The zero-order chi connectivity index (χ0) is 19.5. The zero-order valence-electron chi connectivity index (χ0n) is 16.1. The van der Waals surface area contributed by atoms with Crippen molar-refractivity contribution in [3.05, 3.63) is 53.6 Å². The average molecular weight is 382 g/mol. The third-order valence-corrected chi connectivity index (χ3v) is 5.09. The van der Waals surface area contributed by atoms with Crippen LogP contribution >= 0.6 is 0 Å². The summed E-state index contributed by atoms with van der Waals surface area (Å²) in [5.41, 5.74) is 3.23. The predicted molar refractivity (Wildman–Crippen MR) is 106 cm³/mol. The molecule has 0 saturated carbocycles. The number of carbonyl (C=O) groups excluding carboxylic acids is 1. The SMILES string of the molecule is C[C@H](O)CN(Cc1ccc(N2CCCC2=O)cc1)Cc1ccc2c(c1)OCO2. The van der Waals surface area contributed by atoms with Crippen LogP contribution in [0.5, 0.6) is 11.5 Å². The quantitative estimate of drug-likeness (QED) is 0.798. The smallest absolute Gasteiger partial charge is 0.231 e. The van der Waals surface area contributed by atoms with Crippen LogP contribution in [-0.2, 0) is 17.9 Å². The minimum Gasteiger partial charge on any atom is -0.454 e. The number of aliphatic hydroxyl groups is 1. The van der Waals surface area contributed by atoms with Crippen LogP contribution in [-0.4, -0.2) is 41.9 Å². The van der Waals surface area contributed by atoms with Crippen molar-refractivity contribution >= 4 is 11.6 Å². The molecule has 1 saturated heterocycles. The number of nitrogens with zero attached hydrogens (tertiary/aromatic N) is 2. The Labute approximate surface area is 165 Å². The first-order valence-corrected chi connectivity index (χ1v) is 9.77. The zero-order valence-corrected chi connectivity index (χ0v) is 16.1. The topological polar surface area (TPSA) is 62.2 Å². The number of ether oxygens (including phenoxy) is 2. The van der Waals surface area contributed by atoms with E-state index in [1.807, 2.05) is 35.2 Å². The van der Waals surface area contributed by atoms with Gasteiger partial charge >= 0.3 is 0 Å². The number of hydrogen-bond donors (Lipinski definition) is 1. The van der Waals surface area contributed by atoms with Gasteiger partial charge in [-0.1, -0.05) is 18.2 Å². The summed E-state index contributed by atoms with van der Waals surface area (Å²) >= 11 is 0. The molecule has 1 N–H and O–H groups in total. The Morgan fingerprint density at radius 3 is 2.50 bits per heavy atom. The van der Waals surface area contributed by atoms with Crippen LogP contribution in [0, 0.1) is 0 Å². The van der Waals surface area contributed by atoms with Crippen LogP contribution in [0.3, 0.4) is 0 Å². The molecule has 2 aliphatic heterocycles. The van der Waals surface area contributed by atoms with Gasteiger partial charge in [-0.3, -0.25) is 9.69 Å². The molecule has 28 heavy (non-hydrogen) atoms. The molecule has 0 radical (unpaired) electrons. The van der Waals surface area contributed by atoms with Gasteiger partial charge < -0.3 is 19.5 Å². The summed E-state index contributed by atoms with van der Waals surface area (Å²) < 4.78 is 10.8. The van der Waals surface area contributed by atoms with E-state index in [1.165, 1.54) is 0 Å². The van der Waals surface area contributed by atoms with Gasteiger partial charge in [0.2, 0.25) is 12.7 Å². The fourth-order valence-electron chi connectivity index (χ4n) is 3.82. The lowest BCUT2D eigenvalue weighted by atomic mass is 10.1. The van der Waals surface area contributed by atoms with Gasteiger partial charge in [0, 0.05) is 38.3 Å². The molecule has 0 aliphatic carbocycles. The second-order valence-corrected chi connectivity index (χ2v) is 7.52. The minimum atomic E-state index is -0.421. The summed E-state index contributed by atoms with van der Waals surface area (Å²) in [6.07, 6.45) is 1.15. The van der Waals surface area contributed by atoms with Gasteiger partial charge in [0.25, 0.3) is 0 Å². The van der Waals surface area contributed by atoms with Crippen molar-refractivity contribution < 1.29 is 19.4 Å².